The van der Waals surface area contributed by atoms with E-state index in [1.165, 1.54) is 55.3 Å². The highest BCUT2D eigenvalue weighted by molar-refractivity contribution is 6.22. The van der Waals surface area contributed by atoms with Gasteiger partial charge in [-0.05, 0) is 109 Å². The third-order valence-electron chi connectivity index (χ3n) is 13.7. The van der Waals surface area contributed by atoms with Crippen LogP contribution in [0.15, 0.2) is 253 Å². The van der Waals surface area contributed by atoms with Crippen LogP contribution < -0.4 is 4.90 Å². The van der Waals surface area contributed by atoms with E-state index >= 15 is 0 Å². The lowest BCUT2D eigenvalue weighted by molar-refractivity contribution is 0.673. The van der Waals surface area contributed by atoms with Crippen molar-refractivity contribution in [2.24, 2.45) is 0 Å². The van der Waals surface area contributed by atoms with Crippen molar-refractivity contribution in [1.82, 2.24) is 0 Å². The molecule has 2 heteroatoms. The first-order chi connectivity index (χ1) is 32.2. The SMILES string of the molecule is c1ccc(-c2ccc(N(c3ccc4c(c3)C(c3ccccc3)(c3ccccc3)c3ccccc3-4)c3cc4c(oc5cccc(-c6ccc7ccccc7c6)c54)c4ccccc34)cc2)cc1. The van der Waals surface area contributed by atoms with Gasteiger partial charge in [0.1, 0.15) is 11.2 Å². The van der Waals surface area contributed by atoms with Gasteiger partial charge in [-0.2, -0.15) is 0 Å². The van der Waals surface area contributed by atoms with E-state index < -0.39 is 5.41 Å². The molecular weight excluding hydrogens is 787 g/mol. The molecule has 13 rings (SSSR count). The molecular formula is C63H41NO. The zero-order valence-electron chi connectivity index (χ0n) is 35.5. The molecule has 0 amide bonds. The lowest BCUT2D eigenvalue weighted by Gasteiger charge is -2.35. The molecule has 1 aromatic heterocycles. The molecule has 0 saturated heterocycles. The Morgan fingerprint density at radius 3 is 1.69 bits per heavy atom. The minimum atomic E-state index is -0.547. The summed E-state index contributed by atoms with van der Waals surface area (Å²) in [5.74, 6) is 0. The zero-order chi connectivity index (χ0) is 42.9. The van der Waals surface area contributed by atoms with Crippen LogP contribution in [0.1, 0.15) is 22.3 Å². The van der Waals surface area contributed by atoms with E-state index in [0.717, 1.165) is 60.9 Å². The summed E-state index contributed by atoms with van der Waals surface area (Å²) in [6, 6.07) is 90.9. The quantitative estimate of drug-likeness (QED) is 0.159. The van der Waals surface area contributed by atoms with Crippen molar-refractivity contribution >= 4 is 60.5 Å². The van der Waals surface area contributed by atoms with Crippen molar-refractivity contribution in [1.29, 1.82) is 0 Å². The van der Waals surface area contributed by atoms with Gasteiger partial charge in [-0.25, -0.2) is 0 Å². The Labute approximate surface area is 377 Å². The first kappa shape index (κ1) is 37.1. The fourth-order valence-electron chi connectivity index (χ4n) is 10.8. The van der Waals surface area contributed by atoms with E-state index in [-0.39, 0.29) is 0 Å². The van der Waals surface area contributed by atoms with Gasteiger partial charge in [0.25, 0.3) is 0 Å². The number of furan rings is 1. The van der Waals surface area contributed by atoms with Gasteiger partial charge in [-0.15, -0.1) is 0 Å². The second kappa shape index (κ2) is 14.8. The summed E-state index contributed by atoms with van der Waals surface area (Å²) in [5, 5.41) is 6.82. The molecule has 1 heterocycles. The van der Waals surface area contributed by atoms with Crippen LogP contribution in [0.2, 0.25) is 0 Å². The van der Waals surface area contributed by atoms with Crippen molar-refractivity contribution in [3.05, 3.63) is 271 Å². The third kappa shape index (κ3) is 5.74. The topological polar surface area (TPSA) is 16.4 Å². The molecule has 1 aliphatic rings. The van der Waals surface area contributed by atoms with E-state index in [1.807, 2.05) is 0 Å². The Morgan fingerprint density at radius 1 is 0.338 bits per heavy atom. The fraction of sp³-hybridized carbons (Fsp3) is 0.0159. The molecule has 65 heavy (non-hydrogen) atoms. The number of rotatable bonds is 7. The molecule has 0 fully saturated rings. The van der Waals surface area contributed by atoms with Crippen molar-refractivity contribution < 1.29 is 4.42 Å². The van der Waals surface area contributed by atoms with Gasteiger partial charge in [0, 0.05) is 32.9 Å². The van der Waals surface area contributed by atoms with E-state index in [4.69, 9.17) is 4.42 Å². The molecule has 0 atom stereocenters. The summed E-state index contributed by atoms with van der Waals surface area (Å²) in [6.07, 6.45) is 0. The smallest absolute Gasteiger partial charge is 0.143 e. The zero-order valence-corrected chi connectivity index (χ0v) is 35.5. The summed E-state index contributed by atoms with van der Waals surface area (Å²) in [6.45, 7) is 0. The Hall–Kier alpha value is -8.46. The third-order valence-corrected chi connectivity index (χ3v) is 13.7. The number of nitrogens with zero attached hydrogens (tertiary/aromatic N) is 1. The van der Waals surface area contributed by atoms with Crippen LogP contribution in [-0.4, -0.2) is 0 Å². The van der Waals surface area contributed by atoms with Crippen molar-refractivity contribution in [3.63, 3.8) is 0 Å². The summed E-state index contributed by atoms with van der Waals surface area (Å²) >= 11 is 0. The van der Waals surface area contributed by atoms with Gasteiger partial charge in [-0.1, -0.05) is 206 Å². The maximum atomic E-state index is 6.93. The molecule has 0 aliphatic heterocycles. The molecule has 0 radical (unpaired) electrons. The minimum Gasteiger partial charge on any atom is -0.455 e. The monoisotopic (exact) mass is 827 g/mol. The van der Waals surface area contributed by atoms with Gasteiger partial charge >= 0.3 is 0 Å². The molecule has 0 saturated carbocycles. The van der Waals surface area contributed by atoms with Crippen LogP contribution >= 0.6 is 0 Å². The minimum absolute atomic E-state index is 0.547. The highest BCUT2D eigenvalue weighted by Gasteiger charge is 2.46. The standard InChI is InChI=1S/C63H41NO/c1-4-17-42(18-5-1)44-33-35-49(36-34-44)64(50-37-38-53-52-25-14-15-29-57(52)63(58(53)40-50,47-21-6-2-7-22-47)48-23-8-3-9-24-48)59-41-56-61-51(46-32-31-43-19-10-11-20-45(43)39-46)28-16-30-60(61)65-62(56)55-27-13-12-26-54(55)59/h1-41H. The van der Waals surface area contributed by atoms with Gasteiger partial charge in [0.2, 0.25) is 0 Å². The Morgan fingerprint density at radius 2 is 0.923 bits per heavy atom. The number of benzene rings is 11. The van der Waals surface area contributed by atoms with E-state index in [9.17, 15) is 0 Å². The number of hydrogen-bond acceptors (Lipinski definition) is 2. The maximum absolute atomic E-state index is 6.93. The van der Waals surface area contributed by atoms with Crippen LogP contribution in [0.5, 0.6) is 0 Å². The van der Waals surface area contributed by atoms with Gasteiger partial charge in [-0.3, -0.25) is 0 Å². The molecule has 0 spiro atoms. The van der Waals surface area contributed by atoms with E-state index in [2.05, 4.69) is 254 Å². The largest absolute Gasteiger partial charge is 0.455 e. The summed E-state index contributed by atoms with van der Waals surface area (Å²) in [7, 11) is 0. The van der Waals surface area contributed by atoms with Crippen molar-refractivity contribution in [2.75, 3.05) is 4.90 Å². The summed E-state index contributed by atoms with van der Waals surface area (Å²) in [4.78, 5) is 2.47. The first-order valence-electron chi connectivity index (χ1n) is 22.4. The molecule has 0 bridgehead atoms. The van der Waals surface area contributed by atoms with Crippen LogP contribution in [0.3, 0.4) is 0 Å². The lowest BCUT2D eigenvalue weighted by atomic mass is 9.67. The molecule has 11 aromatic carbocycles. The summed E-state index contributed by atoms with van der Waals surface area (Å²) < 4.78 is 6.93. The van der Waals surface area contributed by atoms with E-state index in [0.29, 0.717) is 0 Å². The first-order valence-corrected chi connectivity index (χ1v) is 22.4. The highest BCUT2D eigenvalue weighted by Crippen LogP contribution is 2.57. The maximum Gasteiger partial charge on any atom is 0.143 e. The normalized spacial score (nSPS) is 12.7. The lowest BCUT2D eigenvalue weighted by Crippen LogP contribution is -2.28. The predicted molar refractivity (Wildman–Crippen MR) is 272 cm³/mol. The van der Waals surface area contributed by atoms with Gasteiger partial charge < -0.3 is 9.32 Å². The second-order valence-corrected chi connectivity index (χ2v) is 17.2. The Balaban J connectivity index is 1.10. The number of anilines is 3. The fourth-order valence-corrected chi connectivity index (χ4v) is 10.8. The van der Waals surface area contributed by atoms with Crippen molar-refractivity contribution in [2.45, 2.75) is 5.41 Å². The van der Waals surface area contributed by atoms with Crippen molar-refractivity contribution in [3.8, 4) is 33.4 Å². The highest BCUT2D eigenvalue weighted by atomic mass is 16.3. The average Bonchev–Trinajstić information content (AvgIpc) is 3.91. The van der Waals surface area contributed by atoms with Crippen LogP contribution in [0.4, 0.5) is 17.1 Å². The average molecular weight is 828 g/mol. The molecule has 0 N–H and O–H groups in total. The van der Waals surface area contributed by atoms with E-state index in [1.54, 1.807) is 0 Å². The van der Waals surface area contributed by atoms with Crippen LogP contribution in [0.25, 0.3) is 76.9 Å². The second-order valence-electron chi connectivity index (χ2n) is 17.2. The molecule has 1 aliphatic carbocycles. The Kier molecular flexibility index (Phi) is 8.47. The predicted octanol–water partition coefficient (Wildman–Crippen LogP) is 17.1. The van der Waals surface area contributed by atoms with Gasteiger partial charge in [0.05, 0.1) is 11.1 Å². The number of fused-ring (bicyclic) bond motifs is 9. The van der Waals surface area contributed by atoms with Gasteiger partial charge in [0.15, 0.2) is 0 Å². The molecule has 0 unspecified atom stereocenters. The van der Waals surface area contributed by atoms with Crippen LogP contribution in [0, 0.1) is 0 Å². The van der Waals surface area contributed by atoms with Crippen LogP contribution in [-0.2, 0) is 5.41 Å². The molecule has 2 nitrogen and oxygen atoms in total. The Bertz CT molecular complexity index is 3720. The molecule has 304 valence electrons. The molecule has 12 aromatic rings. The summed E-state index contributed by atoms with van der Waals surface area (Å²) in [5.41, 5.74) is 16.7. The number of hydrogen-bond donors (Lipinski definition) is 0.